The van der Waals surface area contributed by atoms with Gasteiger partial charge in [-0.25, -0.2) is 4.39 Å². The molecule has 1 aromatic rings. The third kappa shape index (κ3) is 1.28. The first-order valence-corrected chi connectivity index (χ1v) is 4.97. The topological polar surface area (TPSA) is 0 Å². The van der Waals surface area contributed by atoms with E-state index in [1.807, 2.05) is 24.3 Å². The van der Waals surface area contributed by atoms with Crippen LogP contribution in [0.1, 0.15) is 24.3 Å². The van der Waals surface area contributed by atoms with E-state index in [0.717, 1.165) is 22.9 Å². The summed E-state index contributed by atoms with van der Waals surface area (Å²) in [6.07, 6.45) is 1.10. The van der Waals surface area contributed by atoms with Gasteiger partial charge in [-0.1, -0.05) is 34.1 Å². The smallest absolute Gasteiger partial charge is 0.107 e. The van der Waals surface area contributed by atoms with E-state index in [2.05, 4.69) is 15.9 Å². The molecule has 0 bridgehead atoms. The van der Waals surface area contributed by atoms with Gasteiger partial charge >= 0.3 is 0 Å². The molecule has 1 aliphatic carbocycles. The van der Waals surface area contributed by atoms with Crippen molar-refractivity contribution in [3.63, 3.8) is 0 Å². The van der Waals surface area contributed by atoms with E-state index in [4.69, 9.17) is 0 Å². The van der Waals surface area contributed by atoms with Crippen LogP contribution >= 0.6 is 15.9 Å². The summed E-state index contributed by atoms with van der Waals surface area (Å²) in [5.74, 6) is 0.139. The van der Waals surface area contributed by atoms with Gasteiger partial charge in [-0.15, -0.1) is 0 Å². The lowest BCUT2D eigenvalue weighted by Gasteiger charge is -2.31. The largest absolute Gasteiger partial charge is 0.247 e. The third-order valence-electron chi connectivity index (χ3n) is 2.49. The van der Waals surface area contributed by atoms with Gasteiger partial charge in [0.25, 0.3) is 0 Å². The minimum atomic E-state index is -0.622. The fourth-order valence-electron chi connectivity index (χ4n) is 1.59. The second kappa shape index (κ2) is 3.17. The Morgan fingerprint density at radius 1 is 1.25 bits per heavy atom. The predicted molar refractivity (Wildman–Crippen MR) is 51.0 cm³/mol. The molecule has 1 fully saturated rings. The Bertz CT molecular complexity index is 285. The zero-order valence-corrected chi connectivity index (χ0v) is 8.22. The quantitative estimate of drug-likeness (QED) is 0.689. The maximum atomic E-state index is 13.0. The molecule has 0 spiro atoms. The molecule has 2 heteroatoms. The number of benzene rings is 1. The van der Waals surface area contributed by atoms with Crippen LogP contribution in [0.2, 0.25) is 0 Å². The van der Waals surface area contributed by atoms with Crippen LogP contribution < -0.4 is 0 Å². The summed E-state index contributed by atoms with van der Waals surface area (Å²) in [6, 6.07) is 7.89. The molecule has 12 heavy (non-hydrogen) atoms. The number of hydrogen-bond acceptors (Lipinski definition) is 0. The molecule has 0 N–H and O–H groups in total. The van der Waals surface area contributed by atoms with Gasteiger partial charge in [-0.3, -0.25) is 0 Å². The summed E-state index contributed by atoms with van der Waals surface area (Å²) in [5, 5.41) is 0. The molecule has 0 heterocycles. The highest BCUT2D eigenvalue weighted by Crippen LogP contribution is 2.41. The molecule has 1 aromatic carbocycles. The minimum absolute atomic E-state index is 0.139. The van der Waals surface area contributed by atoms with Crippen LogP contribution in [0.25, 0.3) is 0 Å². The minimum Gasteiger partial charge on any atom is -0.247 e. The van der Waals surface area contributed by atoms with Crippen LogP contribution in [0, 0.1) is 0 Å². The fourth-order valence-corrected chi connectivity index (χ4v) is 2.16. The van der Waals surface area contributed by atoms with Crippen molar-refractivity contribution in [2.45, 2.75) is 24.9 Å². The molecule has 0 amide bonds. The van der Waals surface area contributed by atoms with Crippen molar-refractivity contribution in [2.75, 3.05) is 0 Å². The molecule has 2 rings (SSSR count). The standard InChI is InChI=1S/C10H10BrF/c11-9-4-2-1-3-7(9)8-5-6-10(8)12/h1-4,8,10H,5-6H2. The van der Waals surface area contributed by atoms with E-state index in [0.29, 0.717) is 0 Å². The Kier molecular flexibility index (Phi) is 2.18. The first-order valence-electron chi connectivity index (χ1n) is 4.17. The van der Waals surface area contributed by atoms with E-state index in [1.54, 1.807) is 0 Å². The van der Waals surface area contributed by atoms with Gasteiger partial charge in [0.15, 0.2) is 0 Å². The maximum Gasteiger partial charge on any atom is 0.107 e. The van der Waals surface area contributed by atoms with Gasteiger partial charge in [0.2, 0.25) is 0 Å². The van der Waals surface area contributed by atoms with E-state index in [9.17, 15) is 4.39 Å². The lowest BCUT2D eigenvalue weighted by Crippen LogP contribution is -2.25. The number of halogens is 2. The molecular weight excluding hydrogens is 219 g/mol. The Morgan fingerprint density at radius 2 is 2.00 bits per heavy atom. The van der Waals surface area contributed by atoms with Gasteiger partial charge < -0.3 is 0 Å². The first-order chi connectivity index (χ1) is 5.79. The first kappa shape index (κ1) is 8.24. The zero-order chi connectivity index (χ0) is 8.55. The number of alkyl halides is 1. The van der Waals surface area contributed by atoms with Crippen molar-refractivity contribution in [3.8, 4) is 0 Å². The van der Waals surface area contributed by atoms with Crippen molar-refractivity contribution in [1.82, 2.24) is 0 Å². The number of rotatable bonds is 1. The van der Waals surface area contributed by atoms with Crippen LogP contribution in [0.4, 0.5) is 4.39 Å². The molecule has 64 valence electrons. The monoisotopic (exact) mass is 228 g/mol. The normalized spacial score (nSPS) is 28.2. The third-order valence-corrected chi connectivity index (χ3v) is 3.22. The summed E-state index contributed by atoms with van der Waals surface area (Å²) in [6.45, 7) is 0. The average molecular weight is 229 g/mol. The van der Waals surface area contributed by atoms with Crippen LogP contribution in [0.3, 0.4) is 0 Å². The summed E-state index contributed by atoms with van der Waals surface area (Å²) < 4.78 is 14.1. The molecular formula is C10H10BrF. The molecule has 0 aliphatic heterocycles. The van der Waals surface area contributed by atoms with Crippen LogP contribution in [-0.4, -0.2) is 6.17 Å². The van der Waals surface area contributed by atoms with Crippen molar-refractivity contribution in [2.24, 2.45) is 0 Å². The van der Waals surface area contributed by atoms with Gasteiger partial charge in [-0.05, 0) is 24.5 Å². The van der Waals surface area contributed by atoms with Crippen LogP contribution in [-0.2, 0) is 0 Å². The van der Waals surface area contributed by atoms with Crippen molar-refractivity contribution < 1.29 is 4.39 Å². The highest BCUT2D eigenvalue weighted by molar-refractivity contribution is 9.10. The Balaban J connectivity index is 2.27. The molecule has 0 aromatic heterocycles. The van der Waals surface area contributed by atoms with Gasteiger partial charge in [0.05, 0.1) is 0 Å². The second-order valence-corrected chi connectivity index (χ2v) is 4.08. The van der Waals surface area contributed by atoms with Crippen LogP contribution in [0.15, 0.2) is 28.7 Å². The van der Waals surface area contributed by atoms with Crippen molar-refractivity contribution in [1.29, 1.82) is 0 Å². The second-order valence-electron chi connectivity index (χ2n) is 3.22. The molecule has 0 radical (unpaired) electrons. The van der Waals surface area contributed by atoms with Crippen molar-refractivity contribution in [3.05, 3.63) is 34.3 Å². The molecule has 1 saturated carbocycles. The Morgan fingerprint density at radius 3 is 2.50 bits per heavy atom. The molecule has 1 aliphatic rings. The molecule has 2 atom stereocenters. The summed E-state index contributed by atoms with van der Waals surface area (Å²) in [5.41, 5.74) is 1.12. The molecule has 2 unspecified atom stereocenters. The Labute approximate surface area is 79.9 Å². The average Bonchev–Trinajstić information content (AvgIpc) is 2.06. The summed E-state index contributed by atoms with van der Waals surface area (Å²) in [7, 11) is 0. The summed E-state index contributed by atoms with van der Waals surface area (Å²) in [4.78, 5) is 0. The lowest BCUT2D eigenvalue weighted by atomic mass is 9.78. The van der Waals surface area contributed by atoms with Crippen molar-refractivity contribution >= 4 is 15.9 Å². The lowest BCUT2D eigenvalue weighted by molar-refractivity contribution is 0.169. The summed E-state index contributed by atoms with van der Waals surface area (Å²) >= 11 is 3.43. The van der Waals surface area contributed by atoms with E-state index < -0.39 is 6.17 Å². The fraction of sp³-hybridized carbons (Fsp3) is 0.400. The van der Waals surface area contributed by atoms with Gasteiger partial charge in [-0.2, -0.15) is 0 Å². The van der Waals surface area contributed by atoms with E-state index in [1.165, 1.54) is 0 Å². The molecule has 0 nitrogen and oxygen atoms in total. The SMILES string of the molecule is FC1CCC1c1ccccc1Br. The van der Waals surface area contributed by atoms with Gasteiger partial charge in [0, 0.05) is 10.4 Å². The number of hydrogen-bond donors (Lipinski definition) is 0. The zero-order valence-electron chi connectivity index (χ0n) is 6.63. The highest BCUT2D eigenvalue weighted by Gasteiger charge is 2.32. The maximum absolute atomic E-state index is 13.0. The van der Waals surface area contributed by atoms with E-state index in [-0.39, 0.29) is 5.92 Å². The van der Waals surface area contributed by atoms with E-state index >= 15 is 0 Å². The Hall–Kier alpha value is -0.370. The van der Waals surface area contributed by atoms with Gasteiger partial charge in [0.1, 0.15) is 6.17 Å². The highest BCUT2D eigenvalue weighted by atomic mass is 79.9. The predicted octanol–water partition coefficient (Wildman–Crippen LogP) is 3.66. The molecule has 0 saturated heterocycles. The van der Waals surface area contributed by atoms with Crippen LogP contribution in [0.5, 0.6) is 0 Å².